The van der Waals surface area contributed by atoms with E-state index in [9.17, 15) is 18.0 Å². The molecule has 0 radical (unpaired) electrons. The van der Waals surface area contributed by atoms with Crippen molar-refractivity contribution >= 4 is 44.6 Å². The minimum atomic E-state index is -3.70. The van der Waals surface area contributed by atoms with Crippen LogP contribution in [0, 0.1) is 5.92 Å². The minimum Gasteiger partial charge on any atom is -0.325 e. The molecule has 1 heterocycles. The summed E-state index contributed by atoms with van der Waals surface area (Å²) in [5.74, 6) is -0.161. The van der Waals surface area contributed by atoms with Crippen LogP contribution in [0.25, 0.3) is 0 Å². The van der Waals surface area contributed by atoms with E-state index < -0.39 is 21.0 Å². The number of carbonyl (C=O) groups excluding carboxylic acids is 2. The number of sulfone groups is 1. The summed E-state index contributed by atoms with van der Waals surface area (Å²) in [6.45, 7) is 2.11. The van der Waals surface area contributed by atoms with E-state index in [0.717, 1.165) is 24.1 Å². The number of hydrogen-bond acceptors (Lipinski definition) is 4. The Hall–Kier alpha value is -2.38. The summed E-state index contributed by atoms with van der Waals surface area (Å²) in [6.07, 6.45) is 2.32. The molecule has 4 rings (SSSR count). The maximum Gasteiger partial charge on any atom is 0.230 e. The Labute approximate surface area is 181 Å². The van der Waals surface area contributed by atoms with Crippen molar-refractivity contribution in [2.75, 3.05) is 16.8 Å². The molecule has 0 saturated heterocycles. The third-order valence-electron chi connectivity index (χ3n) is 5.62. The summed E-state index contributed by atoms with van der Waals surface area (Å²) < 4.78 is 26.1. The number of rotatable bonds is 6. The van der Waals surface area contributed by atoms with Gasteiger partial charge in [0, 0.05) is 24.6 Å². The molecular weight excluding hydrogens is 424 g/mol. The van der Waals surface area contributed by atoms with Crippen LogP contribution >= 0.6 is 11.6 Å². The highest BCUT2D eigenvalue weighted by molar-refractivity contribution is 7.92. The van der Waals surface area contributed by atoms with Crippen molar-refractivity contribution < 1.29 is 18.0 Å². The van der Waals surface area contributed by atoms with E-state index in [0.29, 0.717) is 23.7 Å². The molecule has 0 unspecified atom stereocenters. The van der Waals surface area contributed by atoms with Crippen molar-refractivity contribution in [1.82, 2.24) is 0 Å². The average molecular weight is 447 g/mol. The van der Waals surface area contributed by atoms with Crippen LogP contribution in [-0.2, 0) is 25.8 Å². The summed E-state index contributed by atoms with van der Waals surface area (Å²) >= 11 is 6.04. The molecule has 6 nitrogen and oxygen atoms in total. The molecule has 1 saturated carbocycles. The van der Waals surface area contributed by atoms with E-state index in [1.165, 1.54) is 13.0 Å². The first-order valence-corrected chi connectivity index (χ1v) is 11.9. The monoisotopic (exact) mass is 446 g/mol. The van der Waals surface area contributed by atoms with Gasteiger partial charge in [-0.15, -0.1) is 0 Å². The molecule has 2 aromatic carbocycles. The highest BCUT2D eigenvalue weighted by Gasteiger charge is 2.37. The first-order chi connectivity index (χ1) is 14.3. The topological polar surface area (TPSA) is 83.6 Å². The van der Waals surface area contributed by atoms with Gasteiger partial charge in [0.25, 0.3) is 0 Å². The first kappa shape index (κ1) is 20.9. The van der Waals surface area contributed by atoms with Gasteiger partial charge in [-0.1, -0.05) is 23.7 Å². The molecule has 8 heteroatoms. The van der Waals surface area contributed by atoms with Crippen molar-refractivity contribution in [3.8, 4) is 0 Å². The summed E-state index contributed by atoms with van der Waals surface area (Å²) in [5.41, 5.74) is 2.11. The minimum absolute atomic E-state index is 0.121. The normalized spacial score (nSPS) is 16.8. The summed E-state index contributed by atoms with van der Waals surface area (Å²) in [7, 11) is -3.70. The predicted molar refractivity (Wildman–Crippen MR) is 117 cm³/mol. The van der Waals surface area contributed by atoms with E-state index in [1.54, 1.807) is 41.3 Å². The van der Waals surface area contributed by atoms with Gasteiger partial charge in [-0.05, 0) is 62.1 Å². The number of carbonyl (C=O) groups is 2. The van der Waals surface area contributed by atoms with Crippen molar-refractivity contribution in [3.05, 3.63) is 53.1 Å². The lowest BCUT2D eigenvalue weighted by molar-refractivity contribution is -0.119. The lowest BCUT2D eigenvalue weighted by Crippen LogP contribution is -2.30. The molecular formula is C22H23ClN2O4S. The van der Waals surface area contributed by atoms with Crippen molar-refractivity contribution in [2.45, 2.75) is 42.8 Å². The van der Waals surface area contributed by atoms with Crippen molar-refractivity contribution in [2.24, 2.45) is 5.92 Å². The summed E-state index contributed by atoms with van der Waals surface area (Å²) in [4.78, 5) is 26.7. The van der Waals surface area contributed by atoms with Gasteiger partial charge in [0.1, 0.15) is 0 Å². The Morgan fingerprint density at radius 3 is 2.63 bits per heavy atom. The summed E-state index contributed by atoms with van der Waals surface area (Å²) in [6, 6.07) is 11.7. The van der Waals surface area contributed by atoms with Gasteiger partial charge in [0.15, 0.2) is 9.84 Å². The lowest BCUT2D eigenvalue weighted by Gasteiger charge is -2.18. The van der Waals surface area contributed by atoms with E-state index in [1.807, 2.05) is 0 Å². The number of para-hydroxylation sites is 1. The number of hydrogen-bond donors (Lipinski definition) is 1. The van der Waals surface area contributed by atoms with Crippen molar-refractivity contribution in [3.63, 3.8) is 0 Å². The largest absolute Gasteiger partial charge is 0.325 e. The molecule has 1 N–H and O–H groups in total. The second-order valence-corrected chi connectivity index (χ2v) is 10.7. The molecule has 1 aliphatic carbocycles. The van der Waals surface area contributed by atoms with Gasteiger partial charge < -0.3 is 10.2 Å². The van der Waals surface area contributed by atoms with E-state index in [4.69, 9.17) is 11.6 Å². The fraction of sp³-hybridized carbons (Fsp3) is 0.364. The number of halogens is 1. The van der Waals surface area contributed by atoms with Crippen LogP contribution in [0.15, 0.2) is 47.4 Å². The summed E-state index contributed by atoms with van der Waals surface area (Å²) in [5, 5.41) is 2.16. The fourth-order valence-electron chi connectivity index (χ4n) is 3.70. The number of anilines is 2. The molecule has 1 aliphatic heterocycles. The van der Waals surface area contributed by atoms with Crippen LogP contribution in [0.5, 0.6) is 0 Å². The Morgan fingerprint density at radius 2 is 1.93 bits per heavy atom. The SMILES string of the molecule is C[C@H](CC(=O)Nc1ccccc1Cl)S(=O)(=O)c1ccc2c(c1)CCN2C(=O)C1CC1. The van der Waals surface area contributed by atoms with Crippen LogP contribution in [-0.4, -0.2) is 32.0 Å². The molecule has 2 amide bonds. The molecule has 2 aromatic rings. The zero-order chi connectivity index (χ0) is 21.5. The van der Waals surface area contributed by atoms with E-state index in [-0.39, 0.29) is 23.1 Å². The molecule has 30 heavy (non-hydrogen) atoms. The van der Waals surface area contributed by atoms with Crippen LogP contribution in [0.2, 0.25) is 5.02 Å². The molecule has 1 fully saturated rings. The third kappa shape index (κ3) is 4.09. The molecule has 1 atom stereocenters. The lowest BCUT2D eigenvalue weighted by atomic mass is 10.2. The zero-order valence-corrected chi connectivity index (χ0v) is 18.2. The molecule has 0 bridgehead atoms. The number of nitrogens with zero attached hydrogens (tertiary/aromatic N) is 1. The molecule has 2 aliphatic rings. The molecule has 0 aromatic heterocycles. The molecule has 158 valence electrons. The van der Waals surface area contributed by atoms with Crippen LogP contribution in [0.4, 0.5) is 11.4 Å². The molecule has 0 spiro atoms. The third-order valence-corrected chi connectivity index (χ3v) is 8.08. The van der Waals surface area contributed by atoms with E-state index in [2.05, 4.69) is 5.32 Å². The van der Waals surface area contributed by atoms with Gasteiger partial charge >= 0.3 is 0 Å². The maximum atomic E-state index is 13.0. The number of benzene rings is 2. The standard InChI is InChI=1S/C22H23ClN2O4S/c1-14(12-21(26)24-19-5-3-2-4-18(19)23)30(28,29)17-8-9-20-16(13-17)10-11-25(20)22(27)15-6-7-15/h2-5,8-9,13-15H,6-7,10-12H2,1H3,(H,24,26)/t14-/m1/s1. The number of fused-ring (bicyclic) bond motifs is 1. The van der Waals surface area contributed by atoms with Crippen molar-refractivity contribution in [1.29, 1.82) is 0 Å². The number of amides is 2. The quantitative estimate of drug-likeness (QED) is 0.730. The van der Waals surface area contributed by atoms with Crippen LogP contribution < -0.4 is 10.2 Å². The van der Waals surface area contributed by atoms with Gasteiger partial charge in [-0.3, -0.25) is 9.59 Å². The van der Waals surface area contributed by atoms with Crippen LogP contribution in [0.3, 0.4) is 0 Å². The first-order valence-electron chi connectivity index (χ1n) is 10.00. The maximum absolute atomic E-state index is 13.0. The number of nitrogens with one attached hydrogen (secondary N) is 1. The Bertz CT molecular complexity index is 1110. The second-order valence-electron chi connectivity index (χ2n) is 7.89. The fourth-order valence-corrected chi connectivity index (χ4v) is 5.28. The van der Waals surface area contributed by atoms with Gasteiger partial charge in [-0.2, -0.15) is 0 Å². The smallest absolute Gasteiger partial charge is 0.230 e. The average Bonchev–Trinajstić information content (AvgIpc) is 3.48. The van der Waals surface area contributed by atoms with Gasteiger partial charge in [-0.25, -0.2) is 8.42 Å². The van der Waals surface area contributed by atoms with Crippen LogP contribution in [0.1, 0.15) is 31.7 Å². The van der Waals surface area contributed by atoms with E-state index >= 15 is 0 Å². The highest BCUT2D eigenvalue weighted by Crippen LogP contribution is 2.37. The van der Waals surface area contributed by atoms with Gasteiger partial charge in [0.2, 0.25) is 11.8 Å². The zero-order valence-electron chi connectivity index (χ0n) is 16.6. The Morgan fingerprint density at radius 1 is 1.20 bits per heavy atom. The predicted octanol–water partition coefficient (Wildman–Crippen LogP) is 3.83. The second kappa shape index (κ2) is 8.04. The highest BCUT2D eigenvalue weighted by atomic mass is 35.5. The Kier molecular flexibility index (Phi) is 5.59. The van der Waals surface area contributed by atoms with Gasteiger partial charge in [0.05, 0.1) is 20.9 Å². The Balaban J connectivity index is 1.47.